The van der Waals surface area contributed by atoms with Gasteiger partial charge in [0.1, 0.15) is 10.9 Å². The van der Waals surface area contributed by atoms with E-state index >= 15 is 0 Å². The second-order valence-corrected chi connectivity index (χ2v) is 11.1. The molecule has 0 amide bonds. The molecule has 1 saturated heterocycles. The molecule has 33 heavy (non-hydrogen) atoms. The van der Waals surface area contributed by atoms with Crippen molar-refractivity contribution in [2.24, 2.45) is 10.9 Å². The fraction of sp³-hybridized carbons (Fsp3) is 0.520. The Balaban J connectivity index is 1.24. The summed E-state index contributed by atoms with van der Waals surface area (Å²) >= 11 is 0. The highest BCUT2D eigenvalue weighted by molar-refractivity contribution is 8.08. The average molecular weight is 471 g/mol. The molecule has 3 aliphatic rings. The summed E-state index contributed by atoms with van der Waals surface area (Å²) in [5, 5.41) is 9.19. The van der Waals surface area contributed by atoms with Gasteiger partial charge in [0.25, 0.3) is 0 Å². The molecule has 2 unspecified atom stereocenters. The lowest BCUT2D eigenvalue weighted by atomic mass is 9.77. The Labute approximate surface area is 196 Å². The second kappa shape index (κ2) is 10.2. The number of hydrogen-bond donors (Lipinski definition) is 2. The Bertz CT molecular complexity index is 1070. The molecule has 1 saturated carbocycles. The van der Waals surface area contributed by atoms with E-state index < -0.39 is 9.84 Å². The quantitative estimate of drug-likeness (QED) is 0.426. The van der Waals surface area contributed by atoms with E-state index in [2.05, 4.69) is 21.8 Å². The highest BCUT2D eigenvalue weighted by atomic mass is 32.2. The maximum Gasteiger partial charge on any atom is 0.212 e. The topological polar surface area (TPSA) is 98.6 Å². The van der Waals surface area contributed by atoms with Crippen molar-refractivity contribution in [3.05, 3.63) is 53.4 Å². The van der Waals surface area contributed by atoms with E-state index in [0.717, 1.165) is 49.2 Å². The minimum Gasteiger partial charge on any atom is -0.375 e. The second-order valence-electron chi connectivity index (χ2n) is 9.21. The van der Waals surface area contributed by atoms with Gasteiger partial charge in [-0.25, -0.2) is 13.4 Å². The summed E-state index contributed by atoms with van der Waals surface area (Å²) in [6.07, 6.45) is 17.5. The summed E-state index contributed by atoms with van der Waals surface area (Å²) in [5.41, 5.74) is 2.08. The summed E-state index contributed by atoms with van der Waals surface area (Å²) in [7, 11) is -1.59. The van der Waals surface area contributed by atoms with E-state index in [1.807, 2.05) is 37.5 Å². The Morgan fingerprint density at radius 3 is 2.85 bits per heavy atom. The van der Waals surface area contributed by atoms with Gasteiger partial charge in [-0.2, -0.15) is 0 Å². The number of nitrogens with one attached hydrogen (secondary N) is 2. The van der Waals surface area contributed by atoms with Gasteiger partial charge in [0.15, 0.2) is 0 Å². The van der Waals surface area contributed by atoms with Crippen molar-refractivity contribution in [3.63, 3.8) is 0 Å². The molecule has 178 valence electrons. The summed E-state index contributed by atoms with van der Waals surface area (Å²) in [4.78, 5) is 10.0. The highest BCUT2D eigenvalue weighted by Gasteiger charge is 2.36. The lowest BCUT2D eigenvalue weighted by Crippen LogP contribution is -2.46. The molecule has 2 aliphatic heterocycles. The zero-order valence-corrected chi connectivity index (χ0v) is 20.2. The van der Waals surface area contributed by atoms with Crippen LogP contribution in [0.5, 0.6) is 0 Å². The first kappa shape index (κ1) is 23.7. The minimum atomic E-state index is -3.63. The van der Waals surface area contributed by atoms with Crippen LogP contribution in [0.2, 0.25) is 0 Å². The number of fused-ring (bicyclic) bond motifs is 1. The number of sulfone groups is 1. The van der Waals surface area contributed by atoms with Crippen LogP contribution in [-0.2, 0) is 14.6 Å². The number of aromatic amines is 1. The van der Waals surface area contributed by atoms with Gasteiger partial charge in [0, 0.05) is 48.6 Å². The molecule has 0 bridgehead atoms. The van der Waals surface area contributed by atoms with E-state index in [1.165, 1.54) is 5.41 Å². The van der Waals surface area contributed by atoms with E-state index in [1.54, 1.807) is 12.3 Å². The number of amidine groups is 1. The first-order chi connectivity index (χ1) is 15.9. The molecule has 2 fully saturated rings. The number of nitrogens with zero attached hydrogens (tertiary/aromatic N) is 2. The fourth-order valence-electron chi connectivity index (χ4n) is 4.68. The zero-order chi connectivity index (χ0) is 23.4. The monoisotopic (exact) mass is 470 g/mol. The Morgan fingerprint density at radius 2 is 2.09 bits per heavy atom. The standard InChI is InChI=1S/C25H34N4O3S/c1-3-20-17-21(32-20)8-5-7-13-33(30,31)24(26)16-18-14-19(15-18)29(2)25-22-10-12-27-23(22)9-4-6-11-28-25/h4,6-7,9-13,18-21,26-27H,3,5,8,14-17H2,1-2H3/b6-4?,9-4?,11-6?,13-7+,23-9?,25-22?,26-24?,28-11?,28-25?. The Morgan fingerprint density at radius 1 is 1.30 bits per heavy atom. The third kappa shape index (κ3) is 5.55. The third-order valence-electron chi connectivity index (χ3n) is 6.88. The molecule has 2 N–H and O–H groups in total. The number of aliphatic imine (C=N–C) groups is 1. The van der Waals surface area contributed by atoms with Gasteiger partial charge in [0.2, 0.25) is 9.84 Å². The van der Waals surface area contributed by atoms with Crippen molar-refractivity contribution in [1.82, 2.24) is 9.88 Å². The van der Waals surface area contributed by atoms with E-state index in [4.69, 9.17) is 10.1 Å². The van der Waals surface area contributed by atoms with Gasteiger partial charge in [-0.1, -0.05) is 19.1 Å². The maximum atomic E-state index is 12.5. The van der Waals surface area contributed by atoms with Gasteiger partial charge < -0.3 is 14.6 Å². The van der Waals surface area contributed by atoms with Crippen molar-refractivity contribution in [1.29, 1.82) is 5.41 Å². The molecule has 4 rings (SSSR count). The Hall–Kier alpha value is -2.45. The van der Waals surface area contributed by atoms with Crippen LogP contribution in [0, 0.1) is 11.3 Å². The first-order valence-electron chi connectivity index (χ1n) is 11.8. The van der Waals surface area contributed by atoms with Gasteiger partial charge in [-0.05, 0) is 62.7 Å². The lowest BCUT2D eigenvalue weighted by Gasteiger charge is -2.42. The van der Waals surface area contributed by atoms with Crippen molar-refractivity contribution >= 4 is 26.8 Å². The molecular formula is C25H34N4O3S. The molecule has 0 spiro atoms. The van der Waals surface area contributed by atoms with E-state index in [0.29, 0.717) is 18.9 Å². The van der Waals surface area contributed by atoms with Crippen LogP contribution in [0.25, 0.3) is 6.08 Å². The van der Waals surface area contributed by atoms with E-state index in [9.17, 15) is 8.42 Å². The summed E-state index contributed by atoms with van der Waals surface area (Å²) < 4.78 is 30.7. The molecule has 1 aliphatic carbocycles. The van der Waals surface area contributed by atoms with Crippen LogP contribution in [0.4, 0.5) is 0 Å². The number of rotatable bonds is 8. The lowest BCUT2D eigenvalue weighted by molar-refractivity contribution is -0.126. The van der Waals surface area contributed by atoms with Crippen LogP contribution < -0.4 is 0 Å². The van der Waals surface area contributed by atoms with E-state index in [-0.39, 0.29) is 23.1 Å². The molecule has 1 aromatic rings. The van der Waals surface area contributed by atoms with Crippen molar-refractivity contribution in [2.45, 2.75) is 70.1 Å². The third-order valence-corrected chi connectivity index (χ3v) is 8.29. The normalized spacial score (nSPS) is 26.7. The molecule has 3 heterocycles. The van der Waals surface area contributed by atoms with Crippen LogP contribution in [-0.4, -0.2) is 54.5 Å². The number of H-pyrrole nitrogens is 1. The highest BCUT2D eigenvalue weighted by Crippen LogP contribution is 2.35. The maximum absolute atomic E-state index is 12.5. The molecule has 1 aromatic heterocycles. The summed E-state index contributed by atoms with van der Waals surface area (Å²) in [6.45, 7) is 2.11. The molecule has 2 atom stereocenters. The van der Waals surface area contributed by atoms with Crippen LogP contribution >= 0.6 is 0 Å². The molecular weight excluding hydrogens is 436 g/mol. The van der Waals surface area contributed by atoms with Crippen molar-refractivity contribution < 1.29 is 13.2 Å². The fourth-order valence-corrected chi connectivity index (χ4v) is 5.70. The van der Waals surface area contributed by atoms with Gasteiger partial charge >= 0.3 is 0 Å². The van der Waals surface area contributed by atoms with Gasteiger partial charge in [-0.15, -0.1) is 0 Å². The number of ether oxygens (including phenoxy) is 1. The number of allylic oxidation sites excluding steroid dienone is 3. The van der Waals surface area contributed by atoms with Crippen LogP contribution in [0.15, 0.2) is 47.1 Å². The largest absolute Gasteiger partial charge is 0.375 e. The van der Waals surface area contributed by atoms with Crippen LogP contribution in [0.3, 0.4) is 0 Å². The predicted molar refractivity (Wildman–Crippen MR) is 133 cm³/mol. The molecule has 7 nitrogen and oxygen atoms in total. The smallest absolute Gasteiger partial charge is 0.212 e. The molecule has 8 heteroatoms. The Kier molecular flexibility index (Phi) is 7.34. The predicted octanol–water partition coefficient (Wildman–Crippen LogP) is 4.66. The number of aromatic nitrogens is 1. The molecule has 0 radical (unpaired) electrons. The average Bonchev–Trinajstić information content (AvgIpc) is 3.15. The molecule has 0 aromatic carbocycles. The summed E-state index contributed by atoms with van der Waals surface area (Å²) in [5.74, 6) is 1.11. The van der Waals surface area contributed by atoms with Crippen molar-refractivity contribution in [2.75, 3.05) is 7.05 Å². The van der Waals surface area contributed by atoms with Gasteiger partial charge in [-0.3, -0.25) is 5.41 Å². The van der Waals surface area contributed by atoms with Crippen molar-refractivity contribution in [3.8, 4) is 0 Å². The number of hydrogen-bond acceptors (Lipinski definition) is 6. The summed E-state index contributed by atoms with van der Waals surface area (Å²) in [6, 6.07) is 2.31. The zero-order valence-electron chi connectivity index (χ0n) is 19.4. The van der Waals surface area contributed by atoms with Gasteiger partial charge in [0.05, 0.1) is 12.2 Å². The van der Waals surface area contributed by atoms with Crippen LogP contribution in [0.1, 0.15) is 63.1 Å². The SMILES string of the molecule is CCC1CC(CC/C=C/S(=O)(=O)C(=N)CC2CC(N(C)C3=NC=CC=Cc4[nH]ccc43)C2)O1. The minimum absolute atomic E-state index is 0.180. The first-order valence-corrected chi connectivity index (χ1v) is 13.4.